The minimum absolute atomic E-state index is 0.470. The lowest BCUT2D eigenvalue weighted by Gasteiger charge is -2.45. The molecule has 3 fully saturated rings. The highest BCUT2D eigenvalue weighted by atomic mass is 15.1. The first kappa shape index (κ1) is 15.8. The zero-order valence-electron chi connectivity index (χ0n) is 14.3. The highest BCUT2D eigenvalue weighted by molar-refractivity contribution is 4.92. The zero-order chi connectivity index (χ0) is 14.6. The van der Waals surface area contributed by atoms with Gasteiger partial charge in [-0.15, -0.1) is 0 Å². The van der Waals surface area contributed by atoms with Crippen molar-refractivity contribution < 1.29 is 0 Å². The van der Waals surface area contributed by atoms with E-state index in [0.717, 1.165) is 5.41 Å². The second kappa shape index (κ2) is 7.00. The monoisotopic (exact) mass is 292 g/mol. The third-order valence-corrected chi connectivity index (χ3v) is 7.08. The van der Waals surface area contributed by atoms with Gasteiger partial charge in [-0.05, 0) is 77.0 Å². The van der Waals surface area contributed by atoms with E-state index in [4.69, 9.17) is 0 Å². The topological polar surface area (TPSA) is 15.3 Å². The van der Waals surface area contributed by atoms with Gasteiger partial charge in [-0.3, -0.25) is 0 Å². The summed E-state index contributed by atoms with van der Waals surface area (Å²) in [6.07, 6.45) is 19.0. The fraction of sp³-hybridized carbons (Fsp3) is 1.00. The summed E-state index contributed by atoms with van der Waals surface area (Å²) in [6, 6.07) is 0. The summed E-state index contributed by atoms with van der Waals surface area (Å²) in [5.74, 6) is 0. The van der Waals surface area contributed by atoms with E-state index < -0.39 is 0 Å². The van der Waals surface area contributed by atoms with E-state index >= 15 is 0 Å². The Labute approximate surface area is 132 Å². The Bertz CT molecular complexity index is 304. The van der Waals surface area contributed by atoms with E-state index in [-0.39, 0.29) is 0 Å². The minimum Gasteiger partial charge on any atom is -0.314 e. The second-order valence-corrected chi connectivity index (χ2v) is 8.24. The number of hydrogen-bond acceptors (Lipinski definition) is 2. The van der Waals surface area contributed by atoms with Crippen LogP contribution in [-0.2, 0) is 0 Å². The summed E-state index contributed by atoms with van der Waals surface area (Å²) in [4.78, 5) is 2.77. The average molecular weight is 293 g/mol. The van der Waals surface area contributed by atoms with Crippen molar-refractivity contribution in [1.29, 1.82) is 0 Å². The largest absolute Gasteiger partial charge is 0.314 e. The molecule has 0 atom stereocenters. The molecule has 0 bridgehead atoms. The maximum atomic E-state index is 3.69. The maximum Gasteiger partial charge on any atom is 0.0190 e. The number of rotatable bonds is 4. The van der Waals surface area contributed by atoms with Gasteiger partial charge in [0.15, 0.2) is 0 Å². The molecule has 1 saturated heterocycles. The van der Waals surface area contributed by atoms with E-state index in [1.165, 1.54) is 103 Å². The predicted octanol–water partition coefficient (Wildman–Crippen LogP) is 4.35. The van der Waals surface area contributed by atoms with Crippen LogP contribution in [0.4, 0.5) is 0 Å². The van der Waals surface area contributed by atoms with Gasteiger partial charge in [0.1, 0.15) is 0 Å². The molecule has 0 radical (unpaired) electrons. The maximum absolute atomic E-state index is 3.69. The van der Waals surface area contributed by atoms with Crippen molar-refractivity contribution in [2.24, 2.45) is 5.41 Å². The first-order chi connectivity index (χ1) is 10.3. The molecule has 0 aromatic heterocycles. The Hall–Kier alpha value is -0.0800. The van der Waals surface area contributed by atoms with Gasteiger partial charge >= 0.3 is 0 Å². The molecule has 21 heavy (non-hydrogen) atoms. The van der Waals surface area contributed by atoms with Gasteiger partial charge in [-0.25, -0.2) is 0 Å². The van der Waals surface area contributed by atoms with Gasteiger partial charge in [-0.2, -0.15) is 0 Å². The Balaban J connectivity index is 1.44. The molecular weight excluding hydrogens is 256 g/mol. The lowest BCUT2D eigenvalue weighted by molar-refractivity contribution is 0.0603. The van der Waals surface area contributed by atoms with Gasteiger partial charge in [0.05, 0.1) is 0 Å². The van der Waals surface area contributed by atoms with E-state index in [1.54, 1.807) is 0 Å². The van der Waals surface area contributed by atoms with Crippen LogP contribution in [0.1, 0.15) is 83.5 Å². The highest BCUT2D eigenvalue weighted by Gasteiger charge is 2.36. The summed E-state index contributed by atoms with van der Waals surface area (Å²) in [5, 5.41) is 3.69. The van der Waals surface area contributed by atoms with Gasteiger partial charge in [-0.1, -0.05) is 38.5 Å². The SMILES string of the molecule is CNC1(CCN2CCC3(CCCCC3)CC2)CCCCC1. The summed E-state index contributed by atoms with van der Waals surface area (Å²) in [7, 11) is 2.19. The van der Waals surface area contributed by atoms with Gasteiger partial charge in [0, 0.05) is 5.54 Å². The normalized spacial score (nSPS) is 29.6. The molecule has 2 saturated carbocycles. The van der Waals surface area contributed by atoms with Gasteiger partial charge < -0.3 is 10.2 Å². The standard InChI is InChI=1S/C19H36N2/c1-20-19(10-6-3-7-11-19)14-17-21-15-12-18(13-16-21)8-4-2-5-9-18/h20H,2-17H2,1H3. The summed E-state index contributed by atoms with van der Waals surface area (Å²) < 4.78 is 0. The highest BCUT2D eigenvalue weighted by Crippen LogP contribution is 2.44. The minimum atomic E-state index is 0.470. The van der Waals surface area contributed by atoms with Gasteiger partial charge in [0.2, 0.25) is 0 Å². The average Bonchev–Trinajstić information content (AvgIpc) is 2.56. The molecule has 3 aliphatic rings. The lowest BCUT2D eigenvalue weighted by Crippen LogP contribution is -2.48. The molecule has 1 N–H and O–H groups in total. The van der Waals surface area contributed by atoms with Crippen LogP contribution in [-0.4, -0.2) is 37.1 Å². The zero-order valence-corrected chi connectivity index (χ0v) is 14.3. The summed E-state index contributed by atoms with van der Waals surface area (Å²) in [6.45, 7) is 4.08. The van der Waals surface area contributed by atoms with Crippen molar-refractivity contribution in [3.05, 3.63) is 0 Å². The van der Waals surface area contributed by atoms with Crippen LogP contribution in [0.25, 0.3) is 0 Å². The fourth-order valence-corrected chi connectivity index (χ4v) is 5.28. The van der Waals surface area contributed by atoms with E-state index in [0.29, 0.717) is 5.54 Å². The van der Waals surface area contributed by atoms with Crippen molar-refractivity contribution in [2.75, 3.05) is 26.7 Å². The molecule has 2 aliphatic carbocycles. The van der Waals surface area contributed by atoms with Crippen molar-refractivity contribution in [1.82, 2.24) is 10.2 Å². The molecule has 1 spiro atoms. The molecule has 0 aromatic rings. The molecule has 0 aromatic carbocycles. The van der Waals surface area contributed by atoms with Crippen molar-refractivity contribution >= 4 is 0 Å². The number of nitrogens with zero attached hydrogens (tertiary/aromatic N) is 1. The second-order valence-electron chi connectivity index (χ2n) is 8.24. The van der Waals surface area contributed by atoms with Crippen LogP contribution in [0.3, 0.4) is 0 Å². The van der Waals surface area contributed by atoms with Crippen molar-refractivity contribution in [2.45, 2.75) is 89.0 Å². The van der Waals surface area contributed by atoms with Crippen LogP contribution >= 0.6 is 0 Å². The van der Waals surface area contributed by atoms with Crippen LogP contribution in [0.15, 0.2) is 0 Å². The molecule has 1 aliphatic heterocycles. The van der Waals surface area contributed by atoms with Crippen molar-refractivity contribution in [3.63, 3.8) is 0 Å². The van der Waals surface area contributed by atoms with Crippen molar-refractivity contribution in [3.8, 4) is 0 Å². The van der Waals surface area contributed by atoms with E-state index in [9.17, 15) is 0 Å². The van der Waals surface area contributed by atoms with Crippen LogP contribution in [0.2, 0.25) is 0 Å². The Morgan fingerprint density at radius 1 is 0.762 bits per heavy atom. The number of piperidine rings is 1. The molecule has 2 nitrogen and oxygen atoms in total. The first-order valence-corrected chi connectivity index (χ1v) is 9.67. The predicted molar refractivity (Wildman–Crippen MR) is 90.7 cm³/mol. The number of likely N-dealkylation sites (tertiary alicyclic amines) is 1. The molecule has 1 heterocycles. The van der Waals surface area contributed by atoms with Gasteiger partial charge in [0.25, 0.3) is 0 Å². The quantitative estimate of drug-likeness (QED) is 0.829. The van der Waals surface area contributed by atoms with E-state index in [2.05, 4.69) is 17.3 Å². The fourth-order valence-electron chi connectivity index (χ4n) is 5.28. The first-order valence-electron chi connectivity index (χ1n) is 9.67. The molecule has 3 rings (SSSR count). The Kier molecular flexibility index (Phi) is 5.27. The third kappa shape index (κ3) is 3.82. The smallest absolute Gasteiger partial charge is 0.0190 e. The van der Waals surface area contributed by atoms with Crippen LogP contribution in [0, 0.1) is 5.41 Å². The Morgan fingerprint density at radius 2 is 1.33 bits per heavy atom. The molecular formula is C19H36N2. The number of hydrogen-bond donors (Lipinski definition) is 1. The molecule has 0 amide bonds. The summed E-state index contributed by atoms with van der Waals surface area (Å²) >= 11 is 0. The lowest BCUT2D eigenvalue weighted by atomic mass is 9.68. The Morgan fingerprint density at radius 3 is 1.90 bits per heavy atom. The van der Waals surface area contributed by atoms with E-state index in [1.807, 2.05) is 0 Å². The number of nitrogens with one attached hydrogen (secondary N) is 1. The summed E-state index contributed by atoms with van der Waals surface area (Å²) in [5.41, 5.74) is 1.23. The molecule has 122 valence electrons. The molecule has 0 unspecified atom stereocenters. The van der Waals surface area contributed by atoms with Crippen LogP contribution in [0.5, 0.6) is 0 Å². The molecule has 2 heteroatoms. The third-order valence-electron chi connectivity index (χ3n) is 7.08. The van der Waals surface area contributed by atoms with Crippen LogP contribution < -0.4 is 5.32 Å².